The number of hydrogen-bond donors (Lipinski definition) is 7. The fourth-order valence-electron chi connectivity index (χ4n) is 16.1. The number of aliphatic hydroxyl groups excluding tert-OH is 2. The Bertz CT molecular complexity index is 2900. The Morgan fingerprint density at radius 1 is 0.500 bits per heavy atom. The molecule has 0 radical (unpaired) electrons. The van der Waals surface area contributed by atoms with Gasteiger partial charge in [-0.2, -0.15) is 21.0 Å². The first-order valence-corrected chi connectivity index (χ1v) is 40.1. The maximum atomic E-state index is 12.2. The maximum absolute atomic E-state index is 12.2. The van der Waals surface area contributed by atoms with E-state index < -0.39 is 65.0 Å². The van der Waals surface area contributed by atoms with Crippen LogP contribution in [0.25, 0.3) is 0 Å². The first-order chi connectivity index (χ1) is 48.4. The molecule has 622 valence electrons. The molecule has 0 aromatic heterocycles. The number of hydrogen-bond acceptors (Lipinski definition) is 29. The van der Waals surface area contributed by atoms with Crippen LogP contribution in [-0.2, 0) is 71.8 Å². The summed E-state index contributed by atoms with van der Waals surface area (Å²) in [5, 5.41) is 71.4. The number of halogens is 2. The van der Waals surface area contributed by atoms with Gasteiger partial charge in [-0.3, -0.25) is 24.2 Å². The van der Waals surface area contributed by atoms with E-state index in [0.29, 0.717) is 32.5 Å². The van der Waals surface area contributed by atoms with E-state index in [4.69, 9.17) is 85.9 Å². The molecule has 108 heavy (non-hydrogen) atoms. The number of nitriles is 2. The highest BCUT2D eigenvalue weighted by molar-refractivity contribution is 14.3. The predicted molar refractivity (Wildman–Crippen MR) is 418 cm³/mol. The van der Waals surface area contributed by atoms with Gasteiger partial charge in [-0.25, -0.2) is 58.3 Å². The number of nitrogens with zero attached hydrogens (tertiary/aromatic N) is 6. The van der Waals surface area contributed by atoms with Gasteiger partial charge in [-0.15, -0.1) is 0 Å². The normalized spacial score (nSPS) is 25.2. The van der Waals surface area contributed by atoms with Crippen LogP contribution in [0, 0.1) is 95.4 Å². The number of ether oxygens (including phenoxy) is 6. The second kappa shape index (κ2) is 55.2. The van der Waals surface area contributed by atoms with Gasteiger partial charge < -0.3 is 54.0 Å². The smallest absolute Gasteiger partial charge is 0.481 e. The molecule has 35 heteroatoms. The van der Waals surface area contributed by atoms with Gasteiger partial charge in [0.25, 0.3) is 12.5 Å². The molecule has 0 saturated heterocycles. The van der Waals surface area contributed by atoms with E-state index in [1.165, 1.54) is 6.92 Å². The number of aliphatic hydroxyl groups is 2. The zero-order chi connectivity index (χ0) is 81.3. The second-order valence-electron chi connectivity index (χ2n) is 32.6. The molecule has 0 spiro atoms. The minimum Gasteiger partial charge on any atom is -0.481 e. The van der Waals surface area contributed by atoms with Crippen molar-refractivity contribution in [3.8, 4) is 12.5 Å². The Hall–Kier alpha value is -6.28. The van der Waals surface area contributed by atoms with Crippen molar-refractivity contribution < 1.29 is 127 Å². The average Bonchev–Trinajstić information content (AvgIpc) is 0.813. The van der Waals surface area contributed by atoms with Crippen molar-refractivity contribution in [1.29, 1.82) is 11.8 Å². The van der Waals surface area contributed by atoms with E-state index in [0.717, 1.165) is 96.3 Å². The molecule has 10 unspecified atom stereocenters. The van der Waals surface area contributed by atoms with Crippen LogP contribution in [0.15, 0.2) is 20.0 Å². The van der Waals surface area contributed by atoms with Crippen LogP contribution in [0.5, 0.6) is 0 Å². The summed E-state index contributed by atoms with van der Waals surface area (Å²) in [4.78, 5) is 139. The lowest BCUT2D eigenvalue weighted by Gasteiger charge is -2.45. The van der Waals surface area contributed by atoms with Crippen molar-refractivity contribution >= 4 is 115 Å². The van der Waals surface area contributed by atoms with Crippen LogP contribution < -0.4 is 0 Å². The van der Waals surface area contributed by atoms with E-state index in [1.54, 1.807) is 36.8 Å². The van der Waals surface area contributed by atoms with Crippen molar-refractivity contribution in [2.75, 3.05) is 46.1 Å². The van der Waals surface area contributed by atoms with Crippen molar-refractivity contribution in [2.45, 2.75) is 267 Å². The minimum absolute atomic E-state index is 0. The number of carbonyl (C=O) groups excluding carboxylic acids is 8. The molecule has 0 aromatic rings. The van der Waals surface area contributed by atoms with Crippen molar-refractivity contribution in [2.24, 2.45) is 92.4 Å². The van der Waals surface area contributed by atoms with Gasteiger partial charge in [0.1, 0.15) is 17.6 Å². The lowest BCUT2D eigenvalue weighted by molar-refractivity contribution is -0.194. The van der Waals surface area contributed by atoms with Gasteiger partial charge in [0.15, 0.2) is 0 Å². The van der Waals surface area contributed by atoms with E-state index in [1.807, 2.05) is 0 Å². The molecule has 5 saturated carbocycles. The van der Waals surface area contributed by atoms with Gasteiger partial charge in [0.05, 0.1) is 53.4 Å². The minimum atomic E-state index is -1.69. The van der Waals surface area contributed by atoms with Gasteiger partial charge in [0, 0.05) is 16.7 Å². The molecule has 5 fully saturated rings. The third-order valence-electron chi connectivity index (χ3n) is 18.3. The predicted octanol–water partition coefficient (Wildman–Crippen LogP) is 17.1. The summed E-state index contributed by atoms with van der Waals surface area (Å²) >= 11 is 4.12. The van der Waals surface area contributed by atoms with Crippen LogP contribution in [0.3, 0.4) is 0 Å². The van der Waals surface area contributed by atoms with Crippen molar-refractivity contribution in [3.63, 3.8) is 0 Å². The maximum Gasteiger partial charge on any atom is 0.537 e. The Labute approximate surface area is 667 Å². The van der Waals surface area contributed by atoms with E-state index >= 15 is 0 Å². The van der Waals surface area contributed by atoms with Crippen LogP contribution >= 0.6 is 47.9 Å². The third-order valence-corrected chi connectivity index (χ3v) is 18.3. The zero-order valence-electron chi connectivity index (χ0n) is 63.2. The molecule has 7 N–H and O–H groups in total. The Kier molecular flexibility index (Phi) is 56.4. The number of carbonyl (C=O) groups is 7. The Morgan fingerprint density at radius 2 is 0.796 bits per heavy atom. The quantitative estimate of drug-likeness (QED) is 0.00506. The summed E-state index contributed by atoms with van der Waals surface area (Å²) in [5.74, 6) is -1.73. The standard InChI is InChI=1S/2C25H38N2O6.C12H18N2O2.C5H10O4.2CH2O4.4CH4.HI2P/c2*1-23(2)9-18(8-20(12-23)32-16-26)6-7-21(29)33-22(30)31-13-19-10-24(3,4)14-25(5,11-19)15-27-17-28;1-11(2)4-10(14-9-16)5-12(3,6-11)7-13-8-15;1-5(2-6,3-7)4(8)9;2*2-1(3)5-4;;;;;1-3-2/h2*18-20H,6-15H2,1-5H3;10H,4-7H2,1-3H3;6-7H,2-3H2,1H3,(H,8,9);2*4H,(H,2,3);4*1H4;3H/i;;;;;;;;;;3D. The average molecular weight is 1790 g/mol. The molecule has 0 aliphatic heterocycles. The number of rotatable bonds is 22. The summed E-state index contributed by atoms with van der Waals surface area (Å²) in [5.41, 5.74) is -1.53. The highest BCUT2D eigenvalue weighted by atomic mass is 127. The number of carboxylic acids is 1. The molecular weight excluding hydrogens is 1660 g/mol. The molecule has 0 heterocycles. The molecule has 0 aromatic carbocycles. The van der Waals surface area contributed by atoms with Crippen LogP contribution in [-0.4, -0.2) is 168 Å². The molecule has 0 bridgehead atoms. The van der Waals surface area contributed by atoms with E-state index in [-0.39, 0.29) is 141 Å². The molecule has 5 rings (SSSR count). The summed E-state index contributed by atoms with van der Waals surface area (Å²) in [6.07, 6.45) is 18.5. The van der Waals surface area contributed by atoms with Gasteiger partial charge in [-0.05, 0) is 227 Å². The molecule has 10 atom stereocenters. The molecule has 5 aliphatic rings. The molecule has 0 amide bonds. The molecule has 32 nitrogen and oxygen atoms in total. The fraction of sp³-hybridized carbons (Fsp3) is 0.822. The SMILES string of the molecule is C.C.C.C.CC(CO)(CO)C(=O)O.CC1(C)CC(CCC(=O)OC(=O)OCC2CC(C)(C)CC(C)(CN=C=O)C2)CC(OC#N)C1.CC1(C)CC(CCC(=O)OC(=O)OCC2CC(C)(C)CC(C)(CN=C=O)C2)CC(OC#N)C1.CC1(C)CC(N=C=O)CC(C)(CN=C=O)C1.O=C(O)OO.O=C(O)OO.[2H]P(I)I. The topological polar surface area (TPSA) is 500 Å². The first kappa shape index (κ1) is 110. The Morgan fingerprint density at radius 3 is 1.06 bits per heavy atom. The summed E-state index contributed by atoms with van der Waals surface area (Å²) in [6, 6.07) is 0.00750. The van der Waals surface area contributed by atoms with E-state index in [2.05, 4.69) is 164 Å². The molecular formula is C73H125I2N6O26P. The largest absolute Gasteiger partial charge is 0.537 e. The van der Waals surface area contributed by atoms with Gasteiger partial charge >= 0.3 is 42.5 Å². The number of aliphatic imine (C=N–C) groups is 4. The highest BCUT2D eigenvalue weighted by Gasteiger charge is 2.45. The van der Waals surface area contributed by atoms with Crippen LogP contribution in [0.2, 0.25) is 0 Å². The zero-order valence-corrected chi connectivity index (χ0v) is 67.4. The number of isocyanates is 4. The van der Waals surface area contributed by atoms with Crippen molar-refractivity contribution in [3.05, 3.63) is 0 Å². The highest BCUT2D eigenvalue weighted by Crippen LogP contribution is 2.51. The van der Waals surface area contributed by atoms with Crippen LogP contribution in [0.1, 0.15) is 249 Å². The van der Waals surface area contributed by atoms with Crippen molar-refractivity contribution in [1.82, 2.24) is 0 Å². The van der Waals surface area contributed by atoms with E-state index in [9.17, 15) is 43.2 Å². The molecule has 5 aliphatic carbocycles. The summed E-state index contributed by atoms with van der Waals surface area (Å²) in [6.45, 7) is 29.5. The number of aliphatic carboxylic acids is 1. The van der Waals surface area contributed by atoms with Crippen LogP contribution in [0.4, 0.5) is 19.2 Å². The van der Waals surface area contributed by atoms with Gasteiger partial charge in [-0.1, -0.05) is 120 Å². The lowest BCUT2D eigenvalue weighted by Crippen LogP contribution is -2.39. The first-order valence-electron chi connectivity index (χ1n) is 34.1. The number of carboxylic acid groups (broad SMARTS) is 3. The summed E-state index contributed by atoms with van der Waals surface area (Å²) in [7, 11) is 0. The third kappa shape index (κ3) is 51.2. The fourth-order valence-corrected chi connectivity index (χ4v) is 16.1. The summed E-state index contributed by atoms with van der Waals surface area (Å²) < 4.78 is 36.8. The lowest BCUT2D eigenvalue weighted by atomic mass is 9.61. The second-order valence-corrected chi connectivity index (χ2v) is 41.2. The van der Waals surface area contributed by atoms with Gasteiger partial charge in [0.2, 0.25) is 24.3 Å². The monoisotopic (exact) mass is 1790 g/mol. The number of esters is 2. The Balaban J connectivity index is -0.000000322.